The third-order valence-electron chi connectivity index (χ3n) is 3.83. The van der Waals surface area contributed by atoms with Gasteiger partial charge in [-0.2, -0.15) is 0 Å². The largest absolute Gasteiger partial charge is 0.398 e. The number of nitrogen functional groups attached to an aromatic ring is 1. The third-order valence-corrected chi connectivity index (χ3v) is 3.83. The summed E-state index contributed by atoms with van der Waals surface area (Å²) >= 11 is 0. The van der Waals surface area contributed by atoms with Crippen LogP contribution in [0.5, 0.6) is 0 Å². The molecule has 1 aromatic carbocycles. The van der Waals surface area contributed by atoms with Crippen molar-refractivity contribution in [1.82, 2.24) is 10.2 Å². The van der Waals surface area contributed by atoms with Crippen LogP contribution in [0.3, 0.4) is 0 Å². The number of piperidine rings is 1. The van der Waals surface area contributed by atoms with E-state index in [4.69, 9.17) is 5.73 Å². The van der Waals surface area contributed by atoms with Crippen LogP contribution in [0, 0.1) is 6.92 Å². The van der Waals surface area contributed by atoms with Gasteiger partial charge in [0, 0.05) is 12.1 Å². The first kappa shape index (κ1) is 13.3. The summed E-state index contributed by atoms with van der Waals surface area (Å²) < 4.78 is 0. The van der Waals surface area contributed by atoms with Crippen molar-refractivity contribution in [3.8, 4) is 0 Å². The number of carbonyl (C=O) groups is 4. The summed E-state index contributed by atoms with van der Waals surface area (Å²) in [5, 5.41) is 2.15. The number of anilines is 1. The number of hydrogen-bond donors (Lipinski definition) is 2. The van der Waals surface area contributed by atoms with E-state index in [-0.39, 0.29) is 24.0 Å². The zero-order valence-corrected chi connectivity index (χ0v) is 11.3. The molecule has 0 aliphatic carbocycles. The minimum absolute atomic E-state index is 0.102. The molecular weight excluding hydrogens is 274 g/mol. The van der Waals surface area contributed by atoms with E-state index in [2.05, 4.69) is 5.32 Å². The van der Waals surface area contributed by atoms with Crippen LogP contribution >= 0.6 is 0 Å². The number of amides is 4. The molecule has 0 aromatic heterocycles. The molecule has 7 heteroatoms. The van der Waals surface area contributed by atoms with E-state index in [9.17, 15) is 19.2 Å². The number of rotatable bonds is 1. The lowest BCUT2D eigenvalue weighted by Gasteiger charge is -2.27. The summed E-state index contributed by atoms with van der Waals surface area (Å²) in [7, 11) is 0. The average molecular weight is 287 g/mol. The summed E-state index contributed by atoms with van der Waals surface area (Å²) in [6, 6.07) is 2.06. The number of nitrogens with zero attached hydrogens (tertiary/aromatic N) is 1. The Morgan fingerprint density at radius 1 is 1.14 bits per heavy atom. The Kier molecular flexibility index (Phi) is 2.79. The molecule has 0 radical (unpaired) electrons. The molecule has 1 atom stereocenters. The number of benzene rings is 1. The van der Waals surface area contributed by atoms with Gasteiger partial charge in [0.05, 0.1) is 11.1 Å². The van der Waals surface area contributed by atoms with Crippen molar-refractivity contribution >= 4 is 29.3 Å². The molecule has 0 bridgehead atoms. The third kappa shape index (κ3) is 1.89. The number of aryl methyl sites for hydroxylation is 1. The van der Waals surface area contributed by atoms with Crippen LogP contribution in [0.1, 0.15) is 39.1 Å². The Labute approximate surface area is 120 Å². The molecule has 1 fully saturated rings. The lowest BCUT2D eigenvalue weighted by Crippen LogP contribution is -2.54. The first-order valence-corrected chi connectivity index (χ1v) is 6.52. The van der Waals surface area contributed by atoms with Crippen LogP contribution in [0.2, 0.25) is 0 Å². The predicted molar refractivity (Wildman–Crippen MR) is 72.3 cm³/mol. The molecule has 4 amide bonds. The lowest BCUT2D eigenvalue weighted by atomic mass is 10.0. The fraction of sp³-hybridized carbons (Fsp3) is 0.286. The molecule has 2 heterocycles. The van der Waals surface area contributed by atoms with Gasteiger partial charge in [0.2, 0.25) is 11.8 Å². The summed E-state index contributed by atoms with van der Waals surface area (Å²) in [6.45, 7) is 1.74. The zero-order valence-electron chi connectivity index (χ0n) is 11.3. The predicted octanol–water partition coefficient (Wildman–Crippen LogP) is -0.0216. The molecule has 1 aromatic rings. The molecule has 108 valence electrons. The number of nitrogens with two attached hydrogens (primary N) is 1. The number of hydrogen-bond acceptors (Lipinski definition) is 5. The van der Waals surface area contributed by atoms with E-state index in [1.165, 1.54) is 6.07 Å². The molecule has 3 rings (SSSR count). The topological polar surface area (TPSA) is 110 Å². The Bertz CT molecular complexity index is 669. The molecule has 1 saturated heterocycles. The van der Waals surface area contributed by atoms with Crippen molar-refractivity contribution in [1.29, 1.82) is 0 Å². The van der Waals surface area contributed by atoms with Gasteiger partial charge in [-0.15, -0.1) is 0 Å². The quantitative estimate of drug-likeness (QED) is 0.557. The van der Waals surface area contributed by atoms with Gasteiger partial charge >= 0.3 is 0 Å². The first-order chi connectivity index (χ1) is 9.90. The van der Waals surface area contributed by atoms with Crippen molar-refractivity contribution in [3.63, 3.8) is 0 Å². The van der Waals surface area contributed by atoms with Gasteiger partial charge in [-0.05, 0) is 31.0 Å². The lowest BCUT2D eigenvalue weighted by molar-refractivity contribution is -0.136. The van der Waals surface area contributed by atoms with Crippen molar-refractivity contribution in [2.45, 2.75) is 25.8 Å². The molecule has 0 saturated carbocycles. The van der Waals surface area contributed by atoms with Gasteiger partial charge in [0.1, 0.15) is 6.04 Å². The number of carbonyl (C=O) groups excluding carboxylic acids is 4. The SMILES string of the molecule is Cc1cc2c(cc1N)C(=O)N(C1CCC(=O)NC1=O)C2=O. The summed E-state index contributed by atoms with van der Waals surface area (Å²) in [6.07, 6.45) is 0.246. The Hall–Kier alpha value is -2.70. The van der Waals surface area contributed by atoms with Crippen LogP contribution in [0.4, 0.5) is 5.69 Å². The normalized spacial score (nSPS) is 21.6. The van der Waals surface area contributed by atoms with Gasteiger partial charge in [0.25, 0.3) is 11.8 Å². The maximum atomic E-state index is 12.4. The molecule has 0 spiro atoms. The van der Waals surface area contributed by atoms with Crippen molar-refractivity contribution in [2.75, 3.05) is 5.73 Å². The van der Waals surface area contributed by atoms with Crippen molar-refractivity contribution in [2.24, 2.45) is 0 Å². The van der Waals surface area contributed by atoms with E-state index in [0.717, 1.165) is 4.90 Å². The minimum atomic E-state index is -0.948. The van der Waals surface area contributed by atoms with E-state index in [1.807, 2.05) is 0 Å². The molecule has 21 heavy (non-hydrogen) atoms. The van der Waals surface area contributed by atoms with Crippen LogP contribution in [0.25, 0.3) is 0 Å². The maximum absolute atomic E-state index is 12.4. The highest BCUT2D eigenvalue weighted by atomic mass is 16.2. The summed E-state index contributed by atoms with van der Waals surface area (Å²) in [4.78, 5) is 48.7. The molecular formula is C14H13N3O4. The maximum Gasteiger partial charge on any atom is 0.262 e. The van der Waals surface area contributed by atoms with Gasteiger partial charge in [0.15, 0.2) is 0 Å². The number of fused-ring (bicyclic) bond motifs is 1. The van der Waals surface area contributed by atoms with Gasteiger partial charge < -0.3 is 5.73 Å². The highest BCUT2D eigenvalue weighted by Crippen LogP contribution is 2.30. The van der Waals surface area contributed by atoms with Crippen LogP contribution in [0.15, 0.2) is 12.1 Å². The smallest absolute Gasteiger partial charge is 0.262 e. The Morgan fingerprint density at radius 2 is 1.76 bits per heavy atom. The fourth-order valence-electron chi connectivity index (χ4n) is 2.64. The highest BCUT2D eigenvalue weighted by Gasteiger charge is 2.44. The van der Waals surface area contributed by atoms with Crippen LogP contribution in [-0.4, -0.2) is 34.6 Å². The molecule has 3 N–H and O–H groups in total. The van der Waals surface area contributed by atoms with Gasteiger partial charge in [-0.1, -0.05) is 0 Å². The Balaban J connectivity index is 2.00. The van der Waals surface area contributed by atoms with E-state index in [1.54, 1.807) is 13.0 Å². The summed E-state index contributed by atoms with van der Waals surface area (Å²) in [5.41, 5.74) is 7.32. The summed E-state index contributed by atoms with van der Waals surface area (Å²) in [5.74, 6) is -2.08. The second-order valence-corrected chi connectivity index (χ2v) is 5.20. The fourth-order valence-corrected chi connectivity index (χ4v) is 2.64. The zero-order chi connectivity index (χ0) is 15.3. The molecule has 7 nitrogen and oxygen atoms in total. The van der Waals surface area contributed by atoms with Gasteiger partial charge in [-0.3, -0.25) is 29.4 Å². The second kappa shape index (κ2) is 4.41. The molecule has 1 unspecified atom stereocenters. The highest BCUT2D eigenvalue weighted by molar-refractivity contribution is 6.23. The second-order valence-electron chi connectivity index (χ2n) is 5.20. The van der Waals surface area contributed by atoms with Crippen molar-refractivity contribution in [3.05, 3.63) is 28.8 Å². The van der Waals surface area contributed by atoms with Gasteiger partial charge in [-0.25, -0.2) is 0 Å². The van der Waals surface area contributed by atoms with E-state index in [0.29, 0.717) is 11.3 Å². The average Bonchev–Trinajstić information content (AvgIpc) is 2.64. The van der Waals surface area contributed by atoms with E-state index >= 15 is 0 Å². The molecule has 2 aliphatic rings. The Morgan fingerprint density at radius 3 is 2.38 bits per heavy atom. The van der Waals surface area contributed by atoms with Crippen LogP contribution in [-0.2, 0) is 9.59 Å². The minimum Gasteiger partial charge on any atom is -0.398 e. The first-order valence-electron chi connectivity index (χ1n) is 6.52. The molecule has 2 aliphatic heterocycles. The standard InChI is InChI=1S/C14H13N3O4/c1-6-4-7-8(5-9(6)15)14(21)17(13(7)20)10-2-3-11(18)16-12(10)19/h4-5,10H,2-3,15H2,1H3,(H,16,18,19). The number of nitrogens with one attached hydrogen (secondary N) is 1. The van der Waals surface area contributed by atoms with E-state index < -0.39 is 29.7 Å². The number of imide groups is 2. The van der Waals surface area contributed by atoms with Crippen LogP contribution < -0.4 is 11.1 Å². The monoisotopic (exact) mass is 287 g/mol. The van der Waals surface area contributed by atoms with Crippen molar-refractivity contribution < 1.29 is 19.2 Å².